The van der Waals surface area contributed by atoms with E-state index in [0.29, 0.717) is 0 Å². The van der Waals surface area contributed by atoms with E-state index in [2.05, 4.69) is 40.7 Å². The van der Waals surface area contributed by atoms with E-state index >= 15 is 0 Å². The lowest BCUT2D eigenvalue weighted by molar-refractivity contribution is 0.818. The van der Waals surface area contributed by atoms with E-state index in [1.54, 1.807) is 11.3 Å². The summed E-state index contributed by atoms with van der Waals surface area (Å²) in [6.45, 7) is 3.14. The van der Waals surface area contributed by atoms with Gasteiger partial charge in [0.15, 0.2) is 5.65 Å². The van der Waals surface area contributed by atoms with Crippen LogP contribution in [0.3, 0.4) is 0 Å². The molecule has 0 spiro atoms. The Hall–Kier alpha value is -1.35. The number of benzene rings is 1. The third-order valence-electron chi connectivity index (χ3n) is 2.56. The monoisotopic (exact) mass is 202 g/mol. The van der Waals surface area contributed by atoms with Crippen molar-refractivity contribution in [3.05, 3.63) is 29.8 Å². The number of aryl methyl sites for hydroxylation is 1. The zero-order valence-electron chi connectivity index (χ0n) is 7.90. The van der Waals surface area contributed by atoms with Crippen LogP contribution in [-0.4, -0.2) is 9.55 Å². The zero-order valence-corrected chi connectivity index (χ0v) is 8.71. The van der Waals surface area contributed by atoms with E-state index in [1.165, 1.54) is 15.6 Å². The predicted octanol–water partition coefficient (Wildman–Crippen LogP) is 3.27. The molecule has 0 fully saturated rings. The average Bonchev–Trinajstić information content (AvgIpc) is 2.77. The largest absolute Gasteiger partial charge is 0.325 e. The van der Waals surface area contributed by atoms with Gasteiger partial charge in [0.25, 0.3) is 0 Å². The molecule has 0 aliphatic rings. The van der Waals surface area contributed by atoms with Crippen LogP contribution in [0.2, 0.25) is 0 Å². The van der Waals surface area contributed by atoms with E-state index in [9.17, 15) is 0 Å². The Morgan fingerprint density at radius 3 is 3.07 bits per heavy atom. The fraction of sp³-hybridized carbons (Fsp3) is 0.182. The highest BCUT2D eigenvalue weighted by atomic mass is 32.1. The normalized spacial score (nSPS) is 11.5. The fourth-order valence-electron chi connectivity index (χ4n) is 1.95. The van der Waals surface area contributed by atoms with Crippen LogP contribution in [0, 0.1) is 0 Å². The standard InChI is InChI=1S/C11H10N2S/c1-2-13-9-6-4-3-5-8(9)10-11(13)12-7-14-10/h3-7H,2H2,1H3. The van der Waals surface area contributed by atoms with Gasteiger partial charge in [0.1, 0.15) is 0 Å². The molecular formula is C11H10N2S. The van der Waals surface area contributed by atoms with Gasteiger partial charge in [0.2, 0.25) is 0 Å². The van der Waals surface area contributed by atoms with E-state index in [1.807, 2.05) is 5.51 Å². The first-order valence-corrected chi connectivity index (χ1v) is 5.60. The molecule has 0 aliphatic heterocycles. The molecular weight excluding hydrogens is 192 g/mol. The molecule has 0 saturated carbocycles. The van der Waals surface area contributed by atoms with Crippen molar-refractivity contribution in [2.45, 2.75) is 13.5 Å². The molecule has 0 atom stereocenters. The van der Waals surface area contributed by atoms with Crippen molar-refractivity contribution in [2.24, 2.45) is 0 Å². The molecule has 3 heteroatoms. The van der Waals surface area contributed by atoms with Gasteiger partial charge >= 0.3 is 0 Å². The van der Waals surface area contributed by atoms with Crippen LogP contribution < -0.4 is 0 Å². The van der Waals surface area contributed by atoms with Crippen molar-refractivity contribution in [2.75, 3.05) is 0 Å². The van der Waals surface area contributed by atoms with Crippen molar-refractivity contribution in [1.29, 1.82) is 0 Å². The van der Waals surface area contributed by atoms with Crippen LogP contribution in [0.1, 0.15) is 6.92 Å². The number of thiazole rings is 1. The Kier molecular flexibility index (Phi) is 1.61. The Bertz CT molecular complexity index is 591. The highest BCUT2D eigenvalue weighted by Gasteiger charge is 2.10. The highest BCUT2D eigenvalue weighted by Crippen LogP contribution is 2.30. The number of aromatic nitrogens is 2. The summed E-state index contributed by atoms with van der Waals surface area (Å²) in [5.41, 5.74) is 4.34. The third kappa shape index (κ3) is 0.876. The molecule has 1 aromatic carbocycles. The first-order chi connectivity index (χ1) is 6.92. The molecule has 0 aliphatic carbocycles. The smallest absolute Gasteiger partial charge is 0.152 e. The Morgan fingerprint density at radius 1 is 1.36 bits per heavy atom. The molecule has 14 heavy (non-hydrogen) atoms. The second kappa shape index (κ2) is 2.82. The maximum Gasteiger partial charge on any atom is 0.152 e. The van der Waals surface area contributed by atoms with E-state index in [0.717, 1.165) is 12.2 Å². The minimum Gasteiger partial charge on any atom is -0.325 e. The summed E-state index contributed by atoms with van der Waals surface area (Å²) < 4.78 is 3.57. The predicted molar refractivity (Wildman–Crippen MR) is 60.8 cm³/mol. The number of fused-ring (bicyclic) bond motifs is 3. The molecule has 0 bridgehead atoms. The topological polar surface area (TPSA) is 17.8 Å². The van der Waals surface area contributed by atoms with E-state index < -0.39 is 0 Å². The van der Waals surface area contributed by atoms with Crippen molar-refractivity contribution < 1.29 is 0 Å². The minimum atomic E-state index is 0.980. The number of nitrogens with zero attached hydrogens (tertiary/aromatic N) is 2. The molecule has 2 aromatic heterocycles. The molecule has 70 valence electrons. The SMILES string of the molecule is CCn1c2ccccc2c2scnc21. The van der Waals surface area contributed by atoms with Crippen LogP contribution in [0.5, 0.6) is 0 Å². The second-order valence-corrected chi connectivity index (χ2v) is 4.12. The van der Waals surface area contributed by atoms with E-state index in [-0.39, 0.29) is 0 Å². The number of rotatable bonds is 1. The summed E-state index contributed by atoms with van der Waals surface area (Å²) in [6, 6.07) is 8.49. The molecule has 3 rings (SSSR count). The first kappa shape index (κ1) is 8.00. The van der Waals surface area contributed by atoms with Gasteiger partial charge in [-0.15, -0.1) is 11.3 Å². The van der Waals surface area contributed by atoms with Crippen LogP contribution in [0.25, 0.3) is 21.3 Å². The van der Waals surface area contributed by atoms with Gasteiger partial charge in [-0.1, -0.05) is 18.2 Å². The van der Waals surface area contributed by atoms with Crippen LogP contribution in [-0.2, 0) is 6.54 Å². The Balaban J connectivity index is 2.62. The van der Waals surface area contributed by atoms with Gasteiger partial charge in [-0.05, 0) is 13.0 Å². The third-order valence-corrected chi connectivity index (χ3v) is 3.41. The first-order valence-electron chi connectivity index (χ1n) is 4.72. The lowest BCUT2D eigenvalue weighted by atomic mass is 10.2. The number of hydrogen-bond acceptors (Lipinski definition) is 2. The fourth-order valence-corrected chi connectivity index (χ4v) is 2.78. The molecule has 3 aromatic rings. The molecule has 0 unspecified atom stereocenters. The zero-order chi connectivity index (χ0) is 9.54. The second-order valence-electron chi connectivity index (χ2n) is 3.27. The summed E-state index contributed by atoms with van der Waals surface area (Å²) in [5, 5.41) is 1.33. The van der Waals surface area contributed by atoms with Crippen molar-refractivity contribution in [3.8, 4) is 0 Å². The minimum absolute atomic E-state index is 0.980. The number of para-hydroxylation sites is 1. The Labute approximate surface area is 85.8 Å². The van der Waals surface area contributed by atoms with Crippen molar-refractivity contribution in [3.63, 3.8) is 0 Å². The molecule has 0 amide bonds. The summed E-state index contributed by atoms with van der Waals surface area (Å²) in [6.07, 6.45) is 0. The van der Waals surface area contributed by atoms with Gasteiger partial charge in [0, 0.05) is 11.9 Å². The van der Waals surface area contributed by atoms with Gasteiger partial charge in [-0.3, -0.25) is 0 Å². The maximum atomic E-state index is 4.41. The average molecular weight is 202 g/mol. The van der Waals surface area contributed by atoms with Gasteiger partial charge in [-0.25, -0.2) is 4.98 Å². The summed E-state index contributed by atoms with van der Waals surface area (Å²) in [5.74, 6) is 0. The van der Waals surface area contributed by atoms with Crippen LogP contribution in [0.4, 0.5) is 0 Å². The van der Waals surface area contributed by atoms with Gasteiger partial charge in [-0.2, -0.15) is 0 Å². The van der Waals surface area contributed by atoms with E-state index in [4.69, 9.17) is 0 Å². The Morgan fingerprint density at radius 2 is 2.21 bits per heavy atom. The quantitative estimate of drug-likeness (QED) is 0.592. The summed E-state index contributed by atoms with van der Waals surface area (Å²) >= 11 is 1.72. The summed E-state index contributed by atoms with van der Waals surface area (Å²) in [4.78, 5) is 4.41. The molecule has 0 saturated heterocycles. The van der Waals surface area contributed by atoms with Crippen LogP contribution >= 0.6 is 11.3 Å². The highest BCUT2D eigenvalue weighted by molar-refractivity contribution is 7.17. The van der Waals surface area contributed by atoms with Gasteiger partial charge in [0.05, 0.1) is 15.7 Å². The van der Waals surface area contributed by atoms with Gasteiger partial charge < -0.3 is 4.57 Å². The molecule has 0 N–H and O–H groups in total. The molecule has 2 heterocycles. The number of hydrogen-bond donors (Lipinski definition) is 0. The van der Waals surface area contributed by atoms with Crippen LogP contribution in [0.15, 0.2) is 29.8 Å². The maximum absolute atomic E-state index is 4.41. The van der Waals surface area contributed by atoms with Crippen molar-refractivity contribution in [1.82, 2.24) is 9.55 Å². The molecule has 2 nitrogen and oxygen atoms in total. The van der Waals surface area contributed by atoms with Crippen molar-refractivity contribution >= 4 is 32.6 Å². The lowest BCUT2D eigenvalue weighted by Gasteiger charge is -1.99. The lowest BCUT2D eigenvalue weighted by Crippen LogP contribution is -1.92. The summed E-state index contributed by atoms with van der Waals surface area (Å²) in [7, 11) is 0. The molecule has 0 radical (unpaired) electrons.